The molecule has 0 bridgehead atoms. The molecule has 0 atom stereocenters. The molecule has 2 amide bonds. The lowest BCUT2D eigenvalue weighted by molar-refractivity contribution is -0.384. The van der Waals surface area contributed by atoms with E-state index < -0.39 is 16.1 Å². The van der Waals surface area contributed by atoms with Gasteiger partial charge in [-0.1, -0.05) is 23.2 Å². The fourth-order valence-corrected chi connectivity index (χ4v) is 4.17. The summed E-state index contributed by atoms with van der Waals surface area (Å²) in [6.45, 7) is 1.74. The third-order valence-electron chi connectivity index (χ3n) is 4.54. The highest BCUT2D eigenvalue weighted by Gasteiger charge is 2.36. The van der Waals surface area contributed by atoms with Crippen LogP contribution in [0.5, 0.6) is 0 Å². The van der Waals surface area contributed by atoms with Gasteiger partial charge in [-0.15, -0.1) is 0 Å². The number of hydrogen-bond donors (Lipinski definition) is 0. The maximum absolute atomic E-state index is 12.8. The molecule has 4 rings (SSSR count). The monoisotopic (exact) mass is 474 g/mol. The number of benzene rings is 2. The number of carbonyl (C=O) groups excluding carboxylic acids is 2. The van der Waals surface area contributed by atoms with Crippen LogP contribution in [0.15, 0.2) is 57.9 Å². The van der Waals surface area contributed by atoms with Crippen LogP contribution in [0.2, 0.25) is 10.0 Å². The number of anilines is 1. The van der Waals surface area contributed by atoms with Crippen LogP contribution in [-0.2, 0) is 4.79 Å². The first-order valence-electron chi connectivity index (χ1n) is 8.83. The molecular weight excluding hydrogens is 463 g/mol. The van der Waals surface area contributed by atoms with Gasteiger partial charge in [0.1, 0.15) is 11.5 Å². The van der Waals surface area contributed by atoms with Crippen LogP contribution in [0.3, 0.4) is 0 Å². The van der Waals surface area contributed by atoms with E-state index in [0.717, 1.165) is 16.7 Å². The van der Waals surface area contributed by atoms with Crippen molar-refractivity contribution in [1.82, 2.24) is 0 Å². The number of rotatable bonds is 4. The summed E-state index contributed by atoms with van der Waals surface area (Å²) in [6.07, 6.45) is 1.48. The van der Waals surface area contributed by atoms with Crippen LogP contribution < -0.4 is 4.90 Å². The maximum Gasteiger partial charge on any atom is 0.298 e. The molecule has 0 aliphatic carbocycles. The molecule has 0 unspecified atom stereocenters. The Morgan fingerprint density at radius 1 is 1.06 bits per heavy atom. The highest BCUT2D eigenvalue weighted by Crippen LogP contribution is 2.38. The van der Waals surface area contributed by atoms with Gasteiger partial charge in [-0.25, -0.2) is 4.90 Å². The Bertz CT molecular complexity index is 1280. The van der Waals surface area contributed by atoms with Crippen LogP contribution in [0.4, 0.5) is 16.2 Å². The van der Waals surface area contributed by atoms with Crippen molar-refractivity contribution in [2.45, 2.75) is 6.92 Å². The minimum absolute atomic E-state index is 0.0102. The molecule has 0 N–H and O–H groups in total. The van der Waals surface area contributed by atoms with Crippen LogP contribution in [0.25, 0.3) is 17.4 Å². The molecule has 31 heavy (non-hydrogen) atoms. The number of non-ortho nitro benzene ring substituents is 1. The highest BCUT2D eigenvalue weighted by molar-refractivity contribution is 8.19. The normalized spacial score (nSPS) is 15.2. The zero-order valence-corrected chi connectivity index (χ0v) is 18.1. The van der Waals surface area contributed by atoms with E-state index in [4.69, 9.17) is 27.6 Å². The van der Waals surface area contributed by atoms with E-state index in [9.17, 15) is 19.7 Å². The second-order valence-electron chi connectivity index (χ2n) is 6.57. The van der Waals surface area contributed by atoms with Crippen molar-refractivity contribution < 1.29 is 18.9 Å². The number of halogens is 2. The summed E-state index contributed by atoms with van der Waals surface area (Å²) in [7, 11) is 0. The Morgan fingerprint density at radius 3 is 2.52 bits per heavy atom. The maximum atomic E-state index is 12.8. The van der Waals surface area contributed by atoms with Crippen molar-refractivity contribution in [3.05, 3.63) is 84.9 Å². The molecule has 1 aromatic heterocycles. The molecule has 1 saturated heterocycles. The zero-order valence-electron chi connectivity index (χ0n) is 15.8. The first-order valence-corrected chi connectivity index (χ1v) is 10.4. The summed E-state index contributed by atoms with van der Waals surface area (Å²) in [5, 5.41) is 11.0. The van der Waals surface area contributed by atoms with Gasteiger partial charge >= 0.3 is 0 Å². The van der Waals surface area contributed by atoms with E-state index in [0.29, 0.717) is 33.4 Å². The van der Waals surface area contributed by atoms with E-state index in [1.54, 1.807) is 25.1 Å². The molecule has 0 radical (unpaired) electrons. The second kappa shape index (κ2) is 8.22. The predicted octanol–water partition coefficient (Wildman–Crippen LogP) is 6.71. The van der Waals surface area contributed by atoms with Crippen LogP contribution in [0.1, 0.15) is 11.3 Å². The number of carbonyl (C=O) groups is 2. The Kier molecular flexibility index (Phi) is 5.62. The quantitative estimate of drug-likeness (QED) is 0.237. The Balaban J connectivity index is 1.61. The van der Waals surface area contributed by atoms with E-state index in [1.807, 2.05) is 0 Å². The third kappa shape index (κ3) is 4.10. The van der Waals surface area contributed by atoms with Gasteiger partial charge in [0.2, 0.25) is 0 Å². The summed E-state index contributed by atoms with van der Waals surface area (Å²) >= 11 is 12.7. The number of nitro groups is 1. The summed E-state index contributed by atoms with van der Waals surface area (Å²) in [5.74, 6) is 0.354. The zero-order chi connectivity index (χ0) is 22.3. The fraction of sp³-hybridized carbons (Fsp3) is 0.0476. The van der Waals surface area contributed by atoms with Crippen molar-refractivity contribution in [3.63, 3.8) is 0 Å². The molecule has 0 saturated carbocycles. The largest absolute Gasteiger partial charge is 0.457 e. The van der Waals surface area contributed by atoms with Crippen LogP contribution in [-0.4, -0.2) is 16.1 Å². The van der Waals surface area contributed by atoms with E-state index >= 15 is 0 Å². The molecule has 156 valence electrons. The molecular formula is C21H12Cl2N2O5S. The molecule has 2 heterocycles. The van der Waals surface area contributed by atoms with Crippen molar-refractivity contribution >= 4 is 63.6 Å². The average molecular weight is 475 g/mol. The summed E-state index contributed by atoms with van der Waals surface area (Å²) in [5.41, 5.74) is 1.68. The summed E-state index contributed by atoms with van der Waals surface area (Å²) in [6, 6.07) is 12.3. The minimum Gasteiger partial charge on any atom is -0.457 e. The van der Waals surface area contributed by atoms with Gasteiger partial charge < -0.3 is 4.42 Å². The summed E-state index contributed by atoms with van der Waals surface area (Å²) < 4.78 is 5.79. The molecule has 10 heteroatoms. The molecule has 2 aromatic carbocycles. The number of imide groups is 1. The van der Waals surface area contributed by atoms with Gasteiger partial charge in [0, 0.05) is 23.8 Å². The first kappa shape index (κ1) is 21.2. The van der Waals surface area contributed by atoms with Gasteiger partial charge in [-0.2, -0.15) is 0 Å². The molecule has 1 fully saturated rings. The molecule has 3 aromatic rings. The number of thioether (sulfide) groups is 1. The number of nitro benzene ring substituents is 1. The van der Waals surface area contributed by atoms with E-state index in [1.165, 1.54) is 36.4 Å². The van der Waals surface area contributed by atoms with Gasteiger partial charge in [-0.3, -0.25) is 19.7 Å². The Hall–Kier alpha value is -3.07. The van der Waals surface area contributed by atoms with Crippen molar-refractivity contribution in [1.29, 1.82) is 0 Å². The average Bonchev–Trinajstić information content (AvgIpc) is 3.28. The SMILES string of the molecule is Cc1cc([N+](=O)[O-])ccc1-c1ccc(/C=C2\SC(=O)N(c3ccc(Cl)c(Cl)c3)C2=O)o1. The van der Waals surface area contributed by atoms with Gasteiger partial charge in [0.25, 0.3) is 16.8 Å². The second-order valence-corrected chi connectivity index (χ2v) is 8.38. The van der Waals surface area contributed by atoms with Crippen molar-refractivity contribution in [3.8, 4) is 11.3 Å². The first-order chi connectivity index (χ1) is 14.7. The van der Waals surface area contributed by atoms with E-state index in [2.05, 4.69) is 0 Å². The van der Waals surface area contributed by atoms with Crippen LogP contribution >= 0.6 is 35.0 Å². The van der Waals surface area contributed by atoms with Gasteiger partial charge in [0.15, 0.2) is 0 Å². The van der Waals surface area contributed by atoms with Crippen molar-refractivity contribution in [2.24, 2.45) is 0 Å². The van der Waals surface area contributed by atoms with Crippen molar-refractivity contribution in [2.75, 3.05) is 4.90 Å². The predicted molar refractivity (Wildman–Crippen MR) is 120 cm³/mol. The summed E-state index contributed by atoms with van der Waals surface area (Å²) in [4.78, 5) is 36.8. The highest BCUT2D eigenvalue weighted by atomic mass is 35.5. The van der Waals surface area contributed by atoms with Crippen LogP contribution in [0, 0.1) is 17.0 Å². The lowest BCUT2D eigenvalue weighted by Crippen LogP contribution is -2.27. The van der Waals surface area contributed by atoms with Gasteiger partial charge in [-0.05, 0) is 60.6 Å². The number of amides is 2. The lowest BCUT2D eigenvalue weighted by Gasteiger charge is -2.12. The topological polar surface area (TPSA) is 93.7 Å². The molecule has 1 aliphatic rings. The Labute approximate surface area is 190 Å². The number of furan rings is 1. The third-order valence-corrected chi connectivity index (χ3v) is 6.15. The number of nitrogens with zero attached hydrogens (tertiary/aromatic N) is 2. The van der Waals surface area contributed by atoms with E-state index in [-0.39, 0.29) is 15.6 Å². The molecule has 1 aliphatic heterocycles. The number of hydrogen-bond acceptors (Lipinski definition) is 6. The lowest BCUT2D eigenvalue weighted by atomic mass is 10.1. The minimum atomic E-state index is -0.502. The number of aryl methyl sites for hydroxylation is 1. The molecule has 7 nitrogen and oxygen atoms in total. The fourth-order valence-electron chi connectivity index (χ4n) is 3.06. The van der Waals surface area contributed by atoms with Gasteiger partial charge in [0.05, 0.1) is 25.6 Å². The smallest absolute Gasteiger partial charge is 0.298 e. The Morgan fingerprint density at radius 2 is 1.84 bits per heavy atom. The molecule has 0 spiro atoms. The standard InChI is InChI=1S/C21H12Cl2N2O5S/c1-11-8-13(25(28)29)2-5-15(11)18-7-4-14(30-18)10-19-20(26)24(21(27)31-19)12-3-6-16(22)17(23)9-12/h2-10H,1H3/b19-10-.